The summed E-state index contributed by atoms with van der Waals surface area (Å²) >= 11 is 0. The highest BCUT2D eigenvalue weighted by Gasteiger charge is 2.03. The van der Waals surface area contributed by atoms with Crippen LogP contribution in [0.25, 0.3) is 0 Å². The molecule has 1 rings (SSSR count). The van der Waals surface area contributed by atoms with Crippen LogP contribution in [0, 0.1) is 0 Å². The zero-order chi connectivity index (χ0) is 34.3. The minimum atomic E-state index is -0.143. The minimum absolute atomic E-state index is 0.143. The molecule has 0 aliphatic rings. The van der Waals surface area contributed by atoms with Crippen LogP contribution in [-0.4, -0.2) is 138 Å². The molecule has 1 aromatic carbocycles. The van der Waals surface area contributed by atoms with Gasteiger partial charge in [0.25, 0.3) is 0 Å². The quantitative estimate of drug-likeness (QED) is 0.0708. The van der Waals surface area contributed by atoms with Gasteiger partial charge in [0, 0.05) is 6.42 Å². The molecule has 280 valence electrons. The molecule has 0 bridgehead atoms. The molecule has 1 aromatic rings. The summed E-state index contributed by atoms with van der Waals surface area (Å²) in [5.74, 6) is -0.143. The molecular weight excluding hydrogens is 624 g/mol. The summed E-state index contributed by atoms with van der Waals surface area (Å²) in [6, 6.07) is 10.1. The summed E-state index contributed by atoms with van der Waals surface area (Å²) in [5, 5.41) is 0. The summed E-state index contributed by atoms with van der Waals surface area (Å²) < 4.78 is 60.0. The monoisotopic (exact) mass is 688 g/mol. The fourth-order valence-electron chi connectivity index (χ4n) is 4.08. The number of carbonyl (C=O) groups excluding carboxylic acids is 1. The van der Waals surface area contributed by atoms with Crippen molar-refractivity contribution in [3.63, 3.8) is 0 Å². The van der Waals surface area contributed by atoms with Crippen LogP contribution in [0.4, 0.5) is 0 Å². The Labute approximate surface area is 289 Å². The Balaban J connectivity index is 1.63. The maximum absolute atomic E-state index is 11.7. The topological polar surface area (TPSA) is 119 Å². The third-order valence-corrected chi connectivity index (χ3v) is 6.68. The second-order valence-corrected chi connectivity index (χ2v) is 10.8. The largest absolute Gasteiger partial charge is 0.463 e. The highest BCUT2D eigenvalue weighted by atomic mass is 16.6. The first-order chi connectivity index (χ1) is 23.8. The van der Waals surface area contributed by atoms with Crippen LogP contribution in [0.2, 0.25) is 0 Å². The van der Waals surface area contributed by atoms with Gasteiger partial charge in [-0.05, 0) is 12.0 Å². The molecule has 12 heteroatoms. The van der Waals surface area contributed by atoms with Crippen LogP contribution < -0.4 is 0 Å². The Bertz CT molecular complexity index is 771. The lowest BCUT2D eigenvalue weighted by molar-refractivity contribution is -0.145. The maximum Gasteiger partial charge on any atom is 0.305 e. The van der Waals surface area contributed by atoms with Gasteiger partial charge in [-0.25, -0.2) is 0 Å². The van der Waals surface area contributed by atoms with Crippen molar-refractivity contribution in [1.82, 2.24) is 0 Å². The standard InChI is InChI=1S/C36H64O12/c1-2-3-4-5-6-10-13-36(37)48-33-32-46-29-28-44-25-24-42-21-20-40-17-16-38-14-15-39-18-19-41-22-23-43-26-27-45-30-31-47-34-35-11-8-7-9-12-35/h7-9,11-12H,2-6,10,13-34H2,1H3. The zero-order valence-electron chi connectivity index (χ0n) is 29.6. The van der Waals surface area contributed by atoms with Crippen molar-refractivity contribution in [2.24, 2.45) is 0 Å². The van der Waals surface area contributed by atoms with Crippen LogP contribution in [-0.2, 0) is 63.5 Å². The van der Waals surface area contributed by atoms with E-state index in [9.17, 15) is 4.79 Å². The fraction of sp³-hybridized carbons (Fsp3) is 0.806. The lowest BCUT2D eigenvalue weighted by Gasteiger charge is -2.09. The van der Waals surface area contributed by atoms with E-state index in [0.29, 0.717) is 139 Å². The number of hydrogen-bond acceptors (Lipinski definition) is 12. The number of ether oxygens (including phenoxy) is 11. The highest BCUT2D eigenvalue weighted by Crippen LogP contribution is 2.07. The van der Waals surface area contributed by atoms with Gasteiger partial charge in [0.1, 0.15) is 6.61 Å². The van der Waals surface area contributed by atoms with Crippen molar-refractivity contribution >= 4 is 5.97 Å². The van der Waals surface area contributed by atoms with Crippen molar-refractivity contribution < 1.29 is 56.9 Å². The zero-order valence-corrected chi connectivity index (χ0v) is 29.6. The van der Waals surface area contributed by atoms with Gasteiger partial charge >= 0.3 is 5.97 Å². The molecule has 0 unspecified atom stereocenters. The van der Waals surface area contributed by atoms with E-state index in [-0.39, 0.29) is 12.6 Å². The lowest BCUT2D eigenvalue weighted by Crippen LogP contribution is -2.15. The fourth-order valence-corrected chi connectivity index (χ4v) is 4.08. The third kappa shape index (κ3) is 34.2. The van der Waals surface area contributed by atoms with Gasteiger partial charge in [-0.15, -0.1) is 0 Å². The molecule has 0 atom stereocenters. The summed E-state index contributed by atoms with van der Waals surface area (Å²) in [5.41, 5.74) is 1.16. The van der Waals surface area contributed by atoms with Gasteiger partial charge in [0.05, 0.1) is 132 Å². The predicted molar refractivity (Wildman–Crippen MR) is 182 cm³/mol. The third-order valence-electron chi connectivity index (χ3n) is 6.68. The second kappa shape index (κ2) is 38.1. The van der Waals surface area contributed by atoms with Gasteiger partial charge in [-0.2, -0.15) is 0 Å². The number of esters is 1. The summed E-state index contributed by atoms with van der Waals surface area (Å²) in [4.78, 5) is 11.7. The Morgan fingerprint density at radius 2 is 0.750 bits per heavy atom. The van der Waals surface area contributed by atoms with E-state index in [4.69, 9.17) is 52.1 Å². The number of unbranched alkanes of at least 4 members (excludes halogenated alkanes) is 5. The van der Waals surface area contributed by atoms with E-state index >= 15 is 0 Å². The van der Waals surface area contributed by atoms with Gasteiger partial charge in [-0.1, -0.05) is 69.4 Å². The molecule has 0 saturated heterocycles. The van der Waals surface area contributed by atoms with Crippen LogP contribution in [0.5, 0.6) is 0 Å². The molecule has 0 aromatic heterocycles. The van der Waals surface area contributed by atoms with E-state index in [0.717, 1.165) is 18.4 Å². The molecule has 0 fully saturated rings. The van der Waals surface area contributed by atoms with Crippen molar-refractivity contribution in [3.05, 3.63) is 35.9 Å². The van der Waals surface area contributed by atoms with Crippen molar-refractivity contribution in [2.45, 2.75) is 58.5 Å². The highest BCUT2D eigenvalue weighted by molar-refractivity contribution is 5.69. The van der Waals surface area contributed by atoms with Crippen LogP contribution >= 0.6 is 0 Å². The van der Waals surface area contributed by atoms with Crippen molar-refractivity contribution in [1.29, 1.82) is 0 Å². The van der Waals surface area contributed by atoms with Gasteiger partial charge in [-0.3, -0.25) is 4.79 Å². The van der Waals surface area contributed by atoms with Crippen LogP contribution in [0.3, 0.4) is 0 Å². The SMILES string of the molecule is CCCCCCCCC(=O)OCCOCCOCCOCCOCCOCCOCCOCCOCCOCCOCc1ccccc1. The molecule has 0 amide bonds. The normalized spacial score (nSPS) is 11.4. The molecular formula is C36H64O12. The Kier molecular flexibility index (Phi) is 35.2. The lowest BCUT2D eigenvalue weighted by atomic mass is 10.1. The Morgan fingerprint density at radius 3 is 1.15 bits per heavy atom. The first kappa shape index (κ1) is 44.3. The summed E-state index contributed by atoms with van der Waals surface area (Å²) in [7, 11) is 0. The molecule has 12 nitrogen and oxygen atoms in total. The van der Waals surface area contributed by atoms with Gasteiger partial charge in [0.15, 0.2) is 0 Å². The molecule has 0 saturated carbocycles. The molecule has 0 N–H and O–H groups in total. The van der Waals surface area contributed by atoms with Crippen molar-refractivity contribution in [2.75, 3.05) is 132 Å². The second-order valence-electron chi connectivity index (χ2n) is 10.8. The average molecular weight is 689 g/mol. The van der Waals surface area contributed by atoms with Crippen LogP contribution in [0.1, 0.15) is 57.4 Å². The smallest absolute Gasteiger partial charge is 0.305 e. The summed E-state index contributed by atoms with van der Waals surface area (Å²) in [6.07, 6.45) is 7.43. The number of rotatable bonds is 39. The molecule has 48 heavy (non-hydrogen) atoms. The maximum atomic E-state index is 11.7. The first-order valence-electron chi connectivity index (χ1n) is 17.8. The first-order valence-corrected chi connectivity index (χ1v) is 17.8. The van der Waals surface area contributed by atoms with Crippen molar-refractivity contribution in [3.8, 4) is 0 Å². The predicted octanol–water partition coefficient (Wildman–Crippen LogP) is 4.65. The van der Waals surface area contributed by atoms with E-state index in [1.54, 1.807) is 0 Å². The van der Waals surface area contributed by atoms with Crippen LogP contribution in [0.15, 0.2) is 30.3 Å². The molecule has 0 spiro atoms. The van der Waals surface area contributed by atoms with E-state index in [1.165, 1.54) is 25.7 Å². The van der Waals surface area contributed by atoms with Gasteiger partial charge in [0.2, 0.25) is 0 Å². The summed E-state index contributed by atoms with van der Waals surface area (Å²) in [6.45, 7) is 12.6. The molecule has 0 aliphatic carbocycles. The Hall–Kier alpha value is -1.71. The Morgan fingerprint density at radius 1 is 0.417 bits per heavy atom. The van der Waals surface area contributed by atoms with Gasteiger partial charge < -0.3 is 52.1 Å². The average Bonchev–Trinajstić information content (AvgIpc) is 3.10. The van der Waals surface area contributed by atoms with E-state index in [2.05, 4.69) is 6.92 Å². The van der Waals surface area contributed by atoms with E-state index < -0.39 is 0 Å². The molecule has 0 radical (unpaired) electrons. The number of hydrogen-bond donors (Lipinski definition) is 0. The molecule has 0 heterocycles. The molecule has 0 aliphatic heterocycles. The van der Waals surface area contributed by atoms with E-state index in [1.807, 2.05) is 30.3 Å². The minimum Gasteiger partial charge on any atom is -0.463 e. The number of benzene rings is 1. The number of carbonyl (C=O) groups is 1.